The Morgan fingerprint density at radius 3 is 2.62 bits per heavy atom. The van der Waals surface area contributed by atoms with Crippen LogP contribution >= 0.6 is 0 Å². The SMILES string of the molecule is CC(=Nc1ccccc1C)C(Cc1cccc(C(=N)N)c1)C1CC1. The zero-order chi connectivity index (χ0) is 17.1. The van der Waals surface area contributed by atoms with Gasteiger partial charge in [0.1, 0.15) is 5.84 Å². The van der Waals surface area contributed by atoms with Crippen molar-refractivity contribution in [3.8, 4) is 0 Å². The monoisotopic (exact) mass is 319 g/mol. The zero-order valence-electron chi connectivity index (χ0n) is 14.4. The van der Waals surface area contributed by atoms with Crippen LogP contribution in [0.5, 0.6) is 0 Å². The summed E-state index contributed by atoms with van der Waals surface area (Å²) in [6.07, 6.45) is 3.54. The van der Waals surface area contributed by atoms with E-state index in [-0.39, 0.29) is 5.84 Å². The minimum Gasteiger partial charge on any atom is -0.384 e. The Balaban J connectivity index is 1.84. The average Bonchev–Trinajstić information content (AvgIpc) is 3.39. The van der Waals surface area contributed by atoms with E-state index in [1.807, 2.05) is 24.3 Å². The molecule has 3 nitrogen and oxygen atoms in total. The number of rotatable bonds is 6. The molecule has 0 amide bonds. The molecule has 1 saturated carbocycles. The van der Waals surface area contributed by atoms with Crippen LogP contribution in [0.1, 0.15) is 36.5 Å². The van der Waals surface area contributed by atoms with Crippen LogP contribution in [0.15, 0.2) is 53.5 Å². The number of benzene rings is 2. The standard InChI is InChI=1S/C21H25N3/c1-14-6-3-4-9-20(14)24-15(2)19(17-10-11-17)13-16-7-5-8-18(12-16)21(22)23/h3-9,12,17,19H,10-11,13H2,1-2H3,(H3,22,23). The number of aliphatic imine (C=N–C) groups is 1. The van der Waals surface area contributed by atoms with E-state index >= 15 is 0 Å². The van der Waals surface area contributed by atoms with Gasteiger partial charge in [0.25, 0.3) is 0 Å². The topological polar surface area (TPSA) is 62.2 Å². The summed E-state index contributed by atoms with van der Waals surface area (Å²) < 4.78 is 0. The van der Waals surface area contributed by atoms with Crippen LogP contribution in [0, 0.1) is 24.2 Å². The van der Waals surface area contributed by atoms with E-state index in [4.69, 9.17) is 16.1 Å². The van der Waals surface area contributed by atoms with Gasteiger partial charge in [-0.3, -0.25) is 10.4 Å². The maximum Gasteiger partial charge on any atom is 0.122 e. The van der Waals surface area contributed by atoms with E-state index in [2.05, 4.69) is 38.1 Å². The van der Waals surface area contributed by atoms with Crippen LogP contribution in [-0.2, 0) is 6.42 Å². The fourth-order valence-electron chi connectivity index (χ4n) is 3.24. The highest BCUT2D eigenvalue weighted by Crippen LogP contribution is 2.40. The molecule has 3 rings (SSSR count). The second-order valence-electron chi connectivity index (χ2n) is 6.80. The Labute approximate surface area is 144 Å². The predicted molar refractivity (Wildman–Crippen MR) is 101 cm³/mol. The molecule has 0 bridgehead atoms. The molecule has 2 aromatic rings. The van der Waals surface area contributed by atoms with Gasteiger partial charge in [0.05, 0.1) is 5.69 Å². The van der Waals surface area contributed by atoms with Crippen LogP contribution < -0.4 is 5.73 Å². The zero-order valence-corrected chi connectivity index (χ0v) is 14.4. The maximum atomic E-state index is 7.62. The maximum absolute atomic E-state index is 7.62. The lowest BCUT2D eigenvalue weighted by Crippen LogP contribution is -2.17. The first-order valence-corrected chi connectivity index (χ1v) is 8.58. The van der Waals surface area contributed by atoms with Gasteiger partial charge in [0.2, 0.25) is 0 Å². The van der Waals surface area contributed by atoms with Crippen molar-refractivity contribution < 1.29 is 0 Å². The van der Waals surface area contributed by atoms with Crippen molar-refractivity contribution in [3.63, 3.8) is 0 Å². The molecule has 1 fully saturated rings. The van der Waals surface area contributed by atoms with E-state index in [1.54, 1.807) is 0 Å². The van der Waals surface area contributed by atoms with Crippen LogP contribution in [0.4, 0.5) is 5.69 Å². The van der Waals surface area contributed by atoms with Crippen molar-refractivity contribution in [2.75, 3.05) is 0 Å². The summed E-state index contributed by atoms with van der Waals surface area (Å²) in [5, 5.41) is 7.62. The fraction of sp³-hybridized carbons (Fsp3) is 0.333. The molecular weight excluding hydrogens is 294 g/mol. The lowest BCUT2D eigenvalue weighted by Gasteiger charge is -2.17. The third-order valence-electron chi connectivity index (χ3n) is 4.83. The number of amidine groups is 1. The molecule has 0 aliphatic heterocycles. The van der Waals surface area contributed by atoms with E-state index in [0.717, 1.165) is 23.6 Å². The molecule has 0 radical (unpaired) electrons. The predicted octanol–water partition coefficient (Wildman–Crippen LogP) is 4.64. The quantitative estimate of drug-likeness (QED) is 0.591. The molecule has 2 aromatic carbocycles. The molecule has 1 aliphatic carbocycles. The van der Waals surface area contributed by atoms with Gasteiger partial charge in [-0.1, -0.05) is 36.4 Å². The van der Waals surface area contributed by atoms with Gasteiger partial charge in [0, 0.05) is 17.2 Å². The van der Waals surface area contributed by atoms with Crippen molar-refractivity contribution in [2.45, 2.75) is 33.1 Å². The van der Waals surface area contributed by atoms with Crippen molar-refractivity contribution in [1.82, 2.24) is 0 Å². The lowest BCUT2D eigenvalue weighted by molar-refractivity contribution is 0.599. The smallest absolute Gasteiger partial charge is 0.122 e. The number of nitrogens with one attached hydrogen (secondary N) is 1. The summed E-state index contributed by atoms with van der Waals surface area (Å²) in [5.41, 5.74) is 11.1. The van der Waals surface area contributed by atoms with E-state index in [0.29, 0.717) is 5.92 Å². The first-order chi connectivity index (χ1) is 11.5. The number of nitrogen functional groups attached to an aromatic ring is 1. The van der Waals surface area contributed by atoms with Gasteiger partial charge in [-0.15, -0.1) is 0 Å². The Morgan fingerprint density at radius 2 is 1.96 bits per heavy atom. The third kappa shape index (κ3) is 3.91. The highest BCUT2D eigenvalue weighted by atomic mass is 14.8. The summed E-state index contributed by atoms with van der Waals surface area (Å²) in [7, 11) is 0. The number of hydrogen-bond acceptors (Lipinski definition) is 2. The van der Waals surface area contributed by atoms with E-state index in [1.165, 1.54) is 29.7 Å². The molecule has 1 unspecified atom stereocenters. The van der Waals surface area contributed by atoms with Gasteiger partial charge in [0.15, 0.2) is 0 Å². The van der Waals surface area contributed by atoms with Gasteiger partial charge in [-0.25, -0.2) is 0 Å². The van der Waals surface area contributed by atoms with Crippen molar-refractivity contribution >= 4 is 17.2 Å². The first kappa shape index (κ1) is 16.4. The number of nitrogens with zero attached hydrogens (tertiary/aromatic N) is 1. The fourth-order valence-corrected chi connectivity index (χ4v) is 3.24. The van der Waals surface area contributed by atoms with Crippen LogP contribution in [0.2, 0.25) is 0 Å². The highest BCUT2D eigenvalue weighted by Gasteiger charge is 2.33. The molecule has 0 heterocycles. The molecule has 3 heteroatoms. The van der Waals surface area contributed by atoms with Gasteiger partial charge in [-0.2, -0.15) is 0 Å². The molecule has 0 spiro atoms. The van der Waals surface area contributed by atoms with E-state index < -0.39 is 0 Å². The lowest BCUT2D eigenvalue weighted by atomic mass is 9.90. The summed E-state index contributed by atoms with van der Waals surface area (Å²) in [6.45, 7) is 4.26. The summed E-state index contributed by atoms with van der Waals surface area (Å²) >= 11 is 0. The van der Waals surface area contributed by atoms with Crippen molar-refractivity contribution in [3.05, 3.63) is 65.2 Å². The molecule has 0 saturated heterocycles. The number of nitrogens with two attached hydrogens (primary N) is 1. The number of hydrogen-bond donors (Lipinski definition) is 2. The second kappa shape index (κ2) is 7.00. The molecule has 24 heavy (non-hydrogen) atoms. The van der Waals surface area contributed by atoms with Gasteiger partial charge < -0.3 is 5.73 Å². The van der Waals surface area contributed by atoms with Gasteiger partial charge >= 0.3 is 0 Å². The third-order valence-corrected chi connectivity index (χ3v) is 4.83. The summed E-state index contributed by atoms with van der Waals surface area (Å²) in [4.78, 5) is 4.92. The van der Waals surface area contributed by atoms with Crippen LogP contribution in [0.3, 0.4) is 0 Å². The van der Waals surface area contributed by atoms with Crippen LogP contribution in [0.25, 0.3) is 0 Å². The Bertz CT molecular complexity index is 772. The second-order valence-corrected chi connectivity index (χ2v) is 6.80. The minimum atomic E-state index is 0.130. The molecule has 1 atom stereocenters. The first-order valence-electron chi connectivity index (χ1n) is 8.58. The van der Waals surface area contributed by atoms with E-state index in [9.17, 15) is 0 Å². The van der Waals surface area contributed by atoms with Gasteiger partial charge in [-0.05, 0) is 62.3 Å². The Hall–Kier alpha value is -2.42. The van der Waals surface area contributed by atoms with Crippen molar-refractivity contribution in [1.29, 1.82) is 5.41 Å². The Kier molecular flexibility index (Phi) is 4.79. The largest absolute Gasteiger partial charge is 0.384 e. The number of aryl methyl sites for hydroxylation is 1. The Morgan fingerprint density at radius 1 is 1.21 bits per heavy atom. The summed E-state index contributed by atoms with van der Waals surface area (Å²) in [6, 6.07) is 16.3. The minimum absolute atomic E-state index is 0.130. The molecular formula is C21H25N3. The molecule has 0 aromatic heterocycles. The normalized spacial score (nSPS) is 16.0. The highest BCUT2D eigenvalue weighted by molar-refractivity contribution is 5.95. The molecule has 124 valence electrons. The molecule has 1 aliphatic rings. The summed E-state index contributed by atoms with van der Waals surface area (Å²) in [5.74, 6) is 1.33. The average molecular weight is 319 g/mol. The number of para-hydroxylation sites is 1. The van der Waals surface area contributed by atoms with Crippen molar-refractivity contribution in [2.24, 2.45) is 22.6 Å². The molecule has 3 N–H and O–H groups in total. The van der Waals surface area contributed by atoms with Crippen LogP contribution in [-0.4, -0.2) is 11.5 Å².